The van der Waals surface area contributed by atoms with E-state index < -0.39 is 17.6 Å². The van der Waals surface area contributed by atoms with Crippen LogP contribution in [-0.4, -0.2) is 157 Å². The Morgan fingerprint density at radius 2 is 1.39 bits per heavy atom. The molecule has 1 saturated carbocycles. The number of ether oxygens (including phenoxy) is 1. The van der Waals surface area contributed by atoms with Gasteiger partial charge in [0.25, 0.3) is 11.8 Å². The summed E-state index contributed by atoms with van der Waals surface area (Å²) in [6.07, 6.45) is 7.36. The lowest BCUT2D eigenvalue weighted by molar-refractivity contribution is -0.135. The van der Waals surface area contributed by atoms with E-state index in [-0.39, 0.29) is 72.8 Å². The number of carbonyl (C=O) groups is 5. The third-order valence-corrected chi connectivity index (χ3v) is 12.9. The van der Waals surface area contributed by atoms with Gasteiger partial charge < -0.3 is 40.8 Å². The van der Waals surface area contributed by atoms with Gasteiger partial charge in [0.2, 0.25) is 17.7 Å². The number of hydrogen-bond donors (Lipinski definition) is 3. The molecule has 0 atom stereocenters. The minimum Gasteiger partial charge on any atom is -0.375 e. The molecule has 0 aromatic heterocycles. The lowest BCUT2D eigenvalue weighted by atomic mass is 9.96. The Morgan fingerprint density at radius 1 is 0.734 bits per heavy atom. The van der Waals surface area contributed by atoms with Crippen molar-refractivity contribution in [1.82, 2.24) is 29.8 Å². The lowest BCUT2D eigenvalue weighted by Crippen LogP contribution is -2.53. The summed E-state index contributed by atoms with van der Waals surface area (Å²) >= 11 is 0. The number of nitrogens with zero attached hydrogens (tertiary/aromatic N) is 5. The fourth-order valence-electron chi connectivity index (χ4n) is 8.97. The first-order valence-electron chi connectivity index (χ1n) is 23.0. The van der Waals surface area contributed by atoms with Crippen LogP contribution >= 0.6 is 0 Å². The van der Waals surface area contributed by atoms with Gasteiger partial charge in [-0.1, -0.05) is 43.3 Å². The smallest absolute Gasteiger partial charge is 0.256 e. The van der Waals surface area contributed by atoms with Crippen molar-refractivity contribution in [2.24, 2.45) is 5.73 Å². The number of piperazine rings is 1. The minimum absolute atomic E-state index is 0.00207. The molecule has 0 radical (unpaired) electrons. The summed E-state index contributed by atoms with van der Waals surface area (Å²) in [7, 11) is 0. The Bertz CT molecular complexity index is 2160. The molecule has 3 aromatic carbocycles. The van der Waals surface area contributed by atoms with Crippen LogP contribution in [-0.2, 0) is 27.2 Å². The molecular weight excluding hydrogens is 816 g/mol. The molecule has 3 saturated heterocycles. The first-order valence-corrected chi connectivity index (χ1v) is 23.0. The summed E-state index contributed by atoms with van der Waals surface area (Å²) in [6.45, 7) is 8.13. The number of carbonyl (C=O) groups excluding carboxylic acids is 5. The molecule has 14 nitrogen and oxygen atoms in total. The van der Waals surface area contributed by atoms with Gasteiger partial charge in [0, 0.05) is 100 Å². The molecule has 7 rings (SSSR count). The Labute approximate surface area is 375 Å². The van der Waals surface area contributed by atoms with Gasteiger partial charge in [0.05, 0.1) is 30.9 Å². The van der Waals surface area contributed by atoms with Gasteiger partial charge in [-0.3, -0.25) is 28.9 Å². The van der Waals surface area contributed by atoms with Crippen molar-refractivity contribution >= 4 is 35.2 Å². The van der Waals surface area contributed by atoms with Crippen LogP contribution in [0.2, 0.25) is 0 Å². The first-order chi connectivity index (χ1) is 30.9. The maximum Gasteiger partial charge on any atom is 0.256 e. The Kier molecular flexibility index (Phi) is 15.9. The normalized spacial score (nSPS) is 17.6. The molecule has 3 heterocycles. The Morgan fingerprint density at radius 3 is 2.06 bits per heavy atom. The number of likely N-dealkylation sites (tertiary alicyclic amines) is 2. The maximum absolute atomic E-state index is 15.0. The Hall–Kier alpha value is -5.51. The summed E-state index contributed by atoms with van der Waals surface area (Å²) < 4.78 is 21.5. The average Bonchev–Trinajstić information content (AvgIpc) is 4.15. The van der Waals surface area contributed by atoms with E-state index in [1.807, 2.05) is 34.1 Å². The molecule has 0 bridgehead atoms. The molecule has 0 unspecified atom stereocenters. The largest absolute Gasteiger partial charge is 0.375 e. The van der Waals surface area contributed by atoms with E-state index in [4.69, 9.17) is 15.9 Å². The van der Waals surface area contributed by atoms with Crippen molar-refractivity contribution in [2.75, 3.05) is 78.5 Å². The second-order valence-corrected chi connectivity index (χ2v) is 17.6. The molecule has 4 N–H and O–H groups in total. The van der Waals surface area contributed by atoms with Crippen LogP contribution in [0, 0.1) is 11.2 Å². The highest BCUT2D eigenvalue weighted by atomic mass is 19.1. The fraction of sp³-hybridized carbons (Fsp3) is 0.510. The summed E-state index contributed by atoms with van der Waals surface area (Å²) in [4.78, 5) is 74.4. The second kappa shape index (κ2) is 21.9. The van der Waals surface area contributed by atoms with Gasteiger partial charge in [-0.2, -0.15) is 0 Å². The number of amides is 5. The molecule has 342 valence electrons. The molecule has 64 heavy (non-hydrogen) atoms. The van der Waals surface area contributed by atoms with Crippen LogP contribution in [0.25, 0.3) is 0 Å². The van der Waals surface area contributed by atoms with Gasteiger partial charge in [-0.25, -0.2) is 4.39 Å². The molecule has 15 heteroatoms. The number of nitrogens with one attached hydrogen (secondary N) is 2. The van der Waals surface area contributed by atoms with Crippen LogP contribution in [0.3, 0.4) is 0 Å². The fourth-order valence-corrected chi connectivity index (χ4v) is 8.97. The molecular formula is C49H63FN8O6. The van der Waals surface area contributed by atoms with Crippen molar-refractivity contribution in [1.29, 1.82) is 5.41 Å². The number of nitrogens with two attached hydrogens (primary N) is 1. The number of rotatable bonds is 18. The zero-order valence-electron chi connectivity index (χ0n) is 37.1. The molecule has 4 fully saturated rings. The summed E-state index contributed by atoms with van der Waals surface area (Å²) in [6, 6.07) is 19.1. The van der Waals surface area contributed by atoms with Gasteiger partial charge in [0.15, 0.2) is 0 Å². The van der Waals surface area contributed by atoms with Crippen molar-refractivity contribution in [2.45, 2.75) is 83.0 Å². The molecule has 3 aliphatic heterocycles. The van der Waals surface area contributed by atoms with E-state index in [0.717, 1.165) is 70.1 Å². The van der Waals surface area contributed by atoms with Crippen molar-refractivity contribution < 1.29 is 33.1 Å². The third kappa shape index (κ3) is 12.4. The standard InChI is InChI=1S/C49H63FN8O6/c1-2-19-55(45(59)32-53-37-11-12-37)22-14-34-6-5-7-36(29-34)48(62)57-23-17-39(18-24-57)64-38-15-20-54(21-16-38)33-46(60)56-25-27-58(28-26-56)49(63)42-30-35(10-13-43(42)50)31-44(51)40-8-3-4-9-41(40)47(52)61/h3-10,13,29-30,37-39,51,53H,2,11-12,14-28,31-33H2,1H3,(H2,52,61). The summed E-state index contributed by atoms with van der Waals surface area (Å²) in [5, 5.41) is 11.9. The summed E-state index contributed by atoms with van der Waals surface area (Å²) in [5.41, 5.74) is 8.43. The van der Waals surface area contributed by atoms with Gasteiger partial charge in [-0.05, 0) is 92.8 Å². The zero-order chi connectivity index (χ0) is 45.2. The highest BCUT2D eigenvalue weighted by molar-refractivity contribution is 6.09. The van der Waals surface area contributed by atoms with Gasteiger partial charge in [0.1, 0.15) is 5.82 Å². The Balaban J connectivity index is 0.795. The van der Waals surface area contributed by atoms with Crippen molar-refractivity contribution in [3.63, 3.8) is 0 Å². The topological polar surface area (TPSA) is 173 Å². The van der Waals surface area contributed by atoms with Crippen LogP contribution in [0.4, 0.5) is 4.39 Å². The summed E-state index contributed by atoms with van der Waals surface area (Å²) in [5.74, 6) is -1.60. The molecule has 3 aromatic rings. The maximum atomic E-state index is 15.0. The van der Waals surface area contributed by atoms with E-state index in [1.165, 1.54) is 18.2 Å². The van der Waals surface area contributed by atoms with Crippen LogP contribution in [0.1, 0.15) is 99.6 Å². The van der Waals surface area contributed by atoms with Crippen LogP contribution in [0.15, 0.2) is 66.7 Å². The van der Waals surface area contributed by atoms with E-state index >= 15 is 0 Å². The second-order valence-electron chi connectivity index (χ2n) is 17.6. The van der Waals surface area contributed by atoms with Crippen LogP contribution in [0.5, 0.6) is 0 Å². The third-order valence-electron chi connectivity index (χ3n) is 12.9. The highest BCUT2D eigenvalue weighted by Gasteiger charge is 2.31. The molecule has 5 amide bonds. The minimum atomic E-state index is -0.657. The number of primary amides is 1. The molecule has 0 spiro atoms. The van der Waals surface area contributed by atoms with E-state index in [1.54, 1.807) is 34.1 Å². The van der Waals surface area contributed by atoms with E-state index in [2.05, 4.69) is 17.1 Å². The zero-order valence-corrected chi connectivity index (χ0v) is 37.1. The van der Waals surface area contributed by atoms with Crippen molar-refractivity contribution in [3.05, 3.63) is 106 Å². The van der Waals surface area contributed by atoms with Gasteiger partial charge >= 0.3 is 0 Å². The SMILES string of the molecule is CCCN(CCc1cccc(C(=O)N2CCC(OC3CCN(CC(=O)N4CCN(C(=O)c5cc(CC(=N)c6ccccc6C(N)=O)ccc5F)CC4)CC3)CC2)c1)C(=O)CNC1CC1. The number of benzene rings is 3. The van der Waals surface area contributed by atoms with Gasteiger partial charge in [-0.15, -0.1) is 0 Å². The van der Waals surface area contributed by atoms with E-state index in [9.17, 15) is 28.4 Å². The number of halogens is 1. The van der Waals surface area contributed by atoms with Crippen LogP contribution < -0.4 is 11.1 Å². The molecule has 1 aliphatic carbocycles. The quantitative estimate of drug-likeness (QED) is 0.160. The average molecular weight is 879 g/mol. The predicted octanol–water partition coefficient (Wildman–Crippen LogP) is 4.14. The lowest BCUT2D eigenvalue weighted by Gasteiger charge is -2.38. The number of hydrogen-bond acceptors (Lipinski definition) is 9. The highest BCUT2D eigenvalue weighted by Crippen LogP contribution is 2.24. The monoisotopic (exact) mass is 878 g/mol. The van der Waals surface area contributed by atoms with Crippen molar-refractivity contribution in [3.8, 4) is 0 Å². The number of piperidine rings is 2. The van der Waals surface area contributed by atoms with E-state index in [0.29, 0.717) is 68.4 Å². The molecule has 4 aliphatic rings. The first kappa shape index (κ1) is 46.5. The predicted molar refractivity (Wildman–Crippen MR) is 242 cm³/mol.